The monoisotopic (exact) mass is 361 g/mol. The molecule has 2 heterocycles. The van der Waals surface area contributed by atoms with Gasteiger partial charge in [-0.1, -0.05) is 39.2 Å². The van der Waals surface area contributed by atoms with Crippen molar-refractivity contribution in [3.63, 3.8) is 0 Å². The first kappa shape index (κ1) is 20.5. The first-order valence-electron chi connectivity index (χ1n) is 9.99. The number of guanidine groups is 1. The fourth-order valence-electron chi connectivity index (χ4n) is 3.21. The van der Waals surface area contributed by atoms with Gasteiger partial charge < -0.3 is 20.3 Å². The quantitative estimate of drug-likeness (QED) is 0.523. The van der Waals surface area contributed by atoms with E-state index in [9.17, 15) is 0 Å². The number of hydrogen-bond acceptors (Lipinski definition) is 4. The maximum absolute atomic E-state index is 5.46. The molecule has 1 aliphatic rings. The number of pyridine rings is 1. The largest absolute Gasteiger partial charge is 0.378 e. The molecule has 6 nitrogen and oxygen atoms in total. The number of nitrogens with zero attached hydrogens (tertiary/aromatic N) is 3. The first-order valence-corrected chi connectivity index (χ1v) is 9.99. The molecule has 0 spiro atoms. The fraction of sp³-hybridized carbons (Fsp3) is 0.700. The molecule has 2 N–H and O–H groups in total. The SMILES string of the molecule is CCCCC(CC)CNC(=NC)NCc1cccnc1N1CCOCC1. The van der Waals surface area contributed by atoms with Gasteiger partial charge in [-0.15, -0.1) is 0 Å². The van der Waals surface area contributed by atoms with Crippen molar-refractivity contribution in [3.8, 4) is 0 Å². The zero-order chi connectivity index (χ0) is 18.6. The van der Waals surface area contributed by atoms with Crippen molar-refractivity contribution >= 4 is 11.8 Å². The van der Waals surface area contributed by atoms with Crippen LogP contribution in [0.3, 0.4) is 0 Å². The fourth-order valence-corrected chi connectivity index (χ4v) is 3.21. The maximum Gasteiger partial charge on any atom is 0.191 e. The van der Waals surface area contributed by atoms with Crippen LogP contribution in [0.4, 0.5) is 5.82 Å². The normalized spacial score (nSPS) is 16.4. The van der Waals surface area contributed by atoms with Crippen LogP contribution >= 0.6 is 0 Å². The number of morpholine rings is 1. The van der Waals surface area contributed by atoms with E-state index in [1.54, 1.807) is 0 Å². The molecular formula is C20H35N5O. The number of anilines is 1. The molecule has 146 valence electrons. The Hall–Kier alpha value is -1.82. The van der Waals surface area contributed by atoms with Gasteiger partial charge in [0.1, 0.15) is 5.82 Å². The Bertz CT molecular complexity index is 543. The average molecular weight is 362 g/mol. The van der Waals surface area contributed by atoms with Crippen molar-refractivity contribution in [2.45, 2.75) is 46.1 Å². The number of nitrogens with one attached hydrogen (secondary N) is 2. The van der Waals surface area contributed by atoms with Crippen molar-refractivity contribution in [1.29, 1.82) is 0 Å². The highest BCUT2D eigenvalue weighted by Crippen LogP contribution is 2.18. The number of ether oxygens (including phenoxy) is 1. The van der Waals surface area contributed by atoms with Crippen LogP contribution in [0.1, 0.15) is 45.1 Å². The van der Waals surface area contributed by atoms with Crippen LogP contribution in [0.15, 0.2) is 23.3 Å². The van der Waals surface area contributed by atoms with Crippen LogP contribution in [0.5, 0.6) is 0 Å². The van der Waals surface area contributed by atoms with Gasteiger partial charge >= 0.3 is 0 Å². The van der Waals surface area contributed by atoms with Crippen LogP contribution < -0.4 is 15.5 Å². The van der Waals surface area contributed by atoms with Crippen molar-refractivity contribution in [2.24, 2.45) is 10.9 Å². The van der Waals surface area contributed by atoms with E-state index in [0.29, 0.717) is 12.5 Å². The lowest BCUT2D eigenvalue weighted by molar-refractivity contribution is 0.122. The minimum atomic E-state index is 0.704. The highest BCUT2D eigenvalue weighted by Gasteiger charge is 2.16. The Morgan fingerprint density at radius 2 is 2.12 bits per heavy atom. The molecule has 1 saturated heterocycles. The zero-order valence-corrected chi connectivity index (χ0v) is 16.6. The summed E-state index contributed by atoms with van der Waals surface area (Å²) >= 11 is 0. The van der Waals surface area contributed by atoms with Gasteiger partial charge in [0.25, 0.3) is 0 Å². The Kier molecular flexibility index (Phi) is 9.24. The second-order valence-electron chi connectivity index (χ2n) is 6.81. The lowest BCUT2D eigenvalue weighted by Gasteiger charge is -2.29. The van der Waals surface area contributed by atoms with Gasteiger partial charge in [0.05, 0.1) is 13.2 Å². The molecule has 1 fully saturated rings. The molecule has 1 aromatic heterocycles. The second kappa shape index (κ2) is 11.7. The average Bonchev–Trinajstić information content (AvgIpc) is 2.71. The van der Waals surface area contributed by atoms with Gasteiger partial charge in [-0.3, -0.25) is 4.99 Å². The second-order valence-corrected chi connectivity index (χ2v) is 6.81. The van der Waals surface area contributed by atoms with Gasteiger partial charge in [0.2, 0.25) is 0 Å². The third-order valence-corrected chi connectivity index (χ3v) is 4.95. The van der Waals surface area contributed by atoms with Gasteiger partial charge in [-0.25, -0.2) is 4.98 Å². The van der Waals surface area contributed by atoms with Crippen molar-refractivity contribution in [3.05, 3.63) is 23.9 Å². The third kappa shape index (κ3) is 6.48. The summed E-state index contributed by atoms with van der Waals surface area (Å²) in [6, 6.07) is 4.13. The molecule has 0 saturated carbocycles. The molecule has 0 radical (unpaired) electrons. The highest BCUT2D eigenvalue weighted by atomic mass is 16.5. The minimum absolute atomic E-state index is 0.704. The summed E-state index contributed by atoms with van der Waals surface area (Å²) in [6.07, 6.45) is 6.90. The summed E-state index contributed by atoms with van der Waals surface area (Å²) < 4.78 is 5.46. The lowest BCUT2D eigenvalue weighted by atomic mass is 9.99. The molecule has 0 bridgehead atoms. The van der Waals surface area contributed by atoms with Crippen molar-refractivity contribution < 1.29 is 4.74 Å². The topological polar surface area (TPSA) is 61.8 Å². The summed E-state index contributed by atoms with van der Waals surface area (Å²) in [4.78, 5) is 11.3. The highest BCUT2D eigenvalue weighted by molar-refractivity contribution is 5.79. The molecule has 26 heavy (non-hydrogen) atoms. The van der Waals surface area contributed by atoms with Crippen LogP contribution in [0.25, 0.3) is 0 Å². The summed E-state index contributed by atoms with van der Waals surface area (Å²) in [6.45, 7) is 9.53. The molecule has 2 rings (SSSR count). The van der Waals surface area contributed by atoms with E-state index in [1.165, 1.54) is 31.2 Å². The van der Waals surface area contributed by atoms with E-state index >= 15 is 0 Å². The van der Waals surface area contributed by atoms with E-state index in [-0.39, 0.29) is 0 Å². The molecule has 1 aromatic rings. The number of aliphatic imine (C=N–C) groups is 1. The van der Waals surface area contributed by atoms with Gasteiger partial charge in [0.15, 0.2) is 5.96 Å². The molecular weight excluding hydrogens is 326 g/mol. The lowest BCUT2D eigenvalue weighted by Crippen LogP contribution is -2.40. The van der Waals surface area contributed by atoms with Crippen LogP contribution in [0, 0.1) is 5.92 Å². The minimum Gasteiger partial charge on any atom is -0.378 e. The number of unbranched alkanes of at least 4 members (excludes halogenated alkanes) is 1. The maximum atomic E-state index is 5.46. The predicted molar refractivity (Wildman–Crippen MR) is 109 cm³/mol. The van der Waals surface area contributed by atoms with E-state index in [2.05, 4.69) is 45.4 Å². The summed E-state index contributed by atoms with van der Waals surface area (Å²) in [5.74, 6) is 2.61. The zero-order valence-electron chi connectivity index (χ0n) is 16.6. The number of hydrogen-bond donors (Lipinski definition) is 2. The Morgan fingerprint density at radius 3 is 2.81 bits per heavy atom. The molecule has 0 amide bonds. The van der Waals surface area contributed by atoms with E-state index < -0.39 is 0 Å². The predicted octanol–water partition coefficient (Wildman–Crippen LogP) is 2.80. The van der Waals surface area contributed by atoms with E-state index in [0.717, 1.165) is 44.6 Å². The summed E-state index contributed by atoms with van der Waals surface area (Å²) in [7, 11) is 1.83. The van der Waals surface area contributed by atoms with Crippen LogP contribution in [-0.2, 0) is 11.3 Å². The molecule has 1 aliphatic heterocycles. The first-order chi connectivity index (χ1) is 12.8. The Balaban J connectivity index is 1.88. The van der Waals surface area contributed by atoms with Gasteiger partial charge in [-0.05, 0) is 18.4 Å². The van der Waals surface area contributed by atoms with Gasteiger partial charge in [-0.2, -0.15) is 0 Å². The van der Waals surface area contributed by atoms with E-state index in [4.69, 9.17) is 4.74 Å². The number of aromatic nitrogens is 1. The molecule has 6 heteroatoms. The summed E-state index contributed by atoms with van der Waals surface area (Å²) in [5.41, 5.74) is 1.19. The van der Waals surface area contributed by atoms with Crippen molar-refractivity contribution in [2.75, 3.05) is 44.8 Å². The summed E-state index contributed by atoms with van der Waals surface area (Å²) in [5, 5.41) is 6.93. The molecule has 0 aliphatic carbocycles. The van der Waals surface area contributed by atoms with Crippen LogP contribution in [-0.4, -0.2) is 50.8 Å². The standard InChI is InChI=1S/C20H35N5O/c1-4-6-8-17(5-2)15-23-20(21-3)24-16-18-9-7-10-22-19(18)25-11-13-26-14-12-25/h7,9-10,17H,4-6,8,11-16H2,1-3H3,(H2,21,23,24). The third-order valence-electron chi connectivity index (χ3n) is 4.95. The van der Waals surface area contributed by atoms with Crippen molar-refractivity contribution in [1.82, 2.24) is 15.6 Å². The smallest absolute Gasteiger partial charge is 0.191 e. The van der Waals surface area contributed by atoms with Crippen LogP contribution in [0.2, 0.25) is 0 Å². The molecule has 0 aromatic carbocycles. The van der Waals surface area contributed by atoms with E-state index in [1.807, 2.05) is 19.3 Å². The molecule has 1 unspecified atom stereocenters. The number of rotatable bonds is 9. The van der Waals surface area contributed by atoms with Gasteiger partial charge in [0, 0.05) is 45.0 Å². The Morgan fingerprint density at radius 1 is 1.31 bits per heavy atom. The molecule has 1 atom stereocenters. The Labute approximate surface area is 158 Å².